The van der Waals surface area contributed by atoms with Crippen LogP contribution in [0.15, 0.2) is 0 Å². The van der Waals surface area contributed by atoms with Gasteiger partial charge in [0.2, 0.25) is 5.91 Å². The summed E-state index contributed by atoms with van der Waals surface area (Å²) in [4.78, 5) is 11.8. The van der Waals surface area contributed by atoms with Crippen LogP contribution in [0.25, 0.3) is 0 Å². The van der Waals surface area contributed by atoms with Crippen LogP contribution in [0.3, 0.4) is 0 Å². The minimum Gasteiger partial charge on any atom is -0.382 e. The second kappa shape index (κ2) is 5.99. The number of carbonyl (C=O) groups is 1. The molecule has 2 unspecified atom stereocenters. The number of nitrogens with two attached hydrogens (primary N) is 1. The molecule has 0 aromatic carbocycles. The smallest absolute Gasteiger partial charge is 0.237 e. The van der Waals surface area contributed by atoms with Gasteiger partial charge in [0.05, 0.1) is 19.3 Å². The van der Waals surface area contributed by atoms with Gasteiger partial charge in [-0.15, -0.1) is 0 Å². The van der Waals surface area contributed by atoms with Crippen LogP contribution in [0.1, 0.15) is 38.5 Å². The van der Waals surface area contributed by atoms with Crippen molar-refractivity contribution in [3.05, 3.63) is 0 Å². The van der Waals surface area contributed by atoms with Crippen LogP contribution >= 0.6 is 0 Å². The van der Waals surface area contributed by atoms with E-state index in [1.54, 1.807) is 7.11 Å². The van der Waals surface area contributed by atoms with Crippen molar-refractivity contribution < 1.29 is 14.3 Å². The lowest BCUT2D eigenvalue weighted by Crippen LogP contribution is -2.59. The van der Waals surface area contributed by atoms with Crippen LogP contribution < -0.4 is 11.1 Å². The van der Waals surface area contributed by atoms with Crippen molar-refractivity contribution in [3.8, 4) is 0 Å². The molecule has 1 amide bonds. The fourth-order valence-corrected chi connectivity index (χ4v) is 2.71. The van der Waals surface area contributed by atoms with Crippen LogP contribution in [0.5, 0.6) is 0 Å². The molecule has 0 saturated heterocycles. The Bertz CT molecular complexity index is 294. The van der Waals surface area contributed by atoms with Gasteiger partial charge < -0.3 is 20.5 Å². The lowest BCUT2D eigenvalue weighted by molar-refractivity contribution is -0.128. The molecule has 2 fully saturated rings. The maximum absolute atomic E-state index is 11.8. The first kappa shape index (κ1) is 13.8. The molecule has 2 rings (SSSR count). The van der Waals surface area contributed by atoms with E-state index in [4.69, 9.17) is 15.2 Å². The SMILES string of the molecule is COCCOC1CCCC(NC2CC2)(C(N)=O)C1. The van der Waals surface area contributed by atoms with Crippen molar-refractivity contribution in [2.45, 2.75) is 56.2 Å². The number of methoxy groups -OCH3 is 1. The largest absolute Gasteiger partial charge is 0.382 e. The van der Waals surface area contributed by atoms with Gasteiger partial charge in [0, 0.05) is 19.6 Å². The van der Waals surface area contributed by atoms with Crippen LogP contribution in [0.4, 0.5) is 0 Å². The molecule has 104 valence electrons. The van der Waals surface area contributed by atoms with Gasteiger partial charge in [0.15, 0.2) is 0 Å². The van der Waals surface area contributed by atoms with E-state index >= 15 is 0 Å². The van der Waals surface area contributed by atoms with E-state index in [-0.39, 0.29) is 12.0 Å². The molecule has 0 aromatic heterocycles. The van der Waals surface area contributed by atoms with Crippen molar-refractivity contribution in [1.29, 1.82) is 0 Å². The zero-order chi connectivity index (χ0) is 13.0. The minimum atomic E-state index is -0.544. The standard InChI is InChI=1S/C13H24N2O3/c1-17-7-8-18-11-3-2-6-13(9-11,12(14)16)15-10-4-5-10/h10-11,15H,2-9H2,1H3,(H2,14,16). The van der Waals surface area contributed by atoms with E-state index in [0.29, 0.717) is 25.7 Å². The summed E-state index contributed by atoms with van der Waals surface area (Å²) in [5.74, 6) is -0.227. The highest BCUT2D eigenvalue weighted by atomic mass is 16.5. The number of hydrogen-bond donors (Lipinski definition) is 2. The van der Waals surface area contributed by atoms with E-state index in [2.05, 4.69) is 5.32 Å². The Balaban J connectivity index is 1.90. The van der Waals surface area contributed by atoms with Crippen molar-refractivity contribution >= 4 is 5.91 Å². The molecule has 2 aliphatic rings. The van der Waals surface area contributed by atoms with E-state index in [1.165, 1.54) is 0 Å². The van der Waals surface area contributed by atoms with Gasteiger partial charge >= 0.3 is 0 Å². The number of carbonyl (C=O) groups excluding carboxylic acids is 1. The average molecular weight is 256 g/mol. The molecule has 5 nitrogen and oxygen atoms in total. The third-order valence-electron chi connectivity index (χ3n) is 3.88. The highest BCUT2D eigenvalue weighted by molar-refractivity contribution is 5.85. The van der Waals surface area contributed by atoms with E-state index in [9.17, 15) is 4.79 Å². The van der Waals surface area contributed by atoms with Gasteiger partial charge in [0.1, 0.15) is 5.54 Å². The van der Waals surface area contributed by atoms with E-state index < -0.39 is 5.54 Å². The van der Waals surface area contributed by atoms with Crippen LogP contribution in [0, 0.1) is 0 Å². The number of nitrogens with one attached hydrogen (secondary N) is 1. The number of ether oxygens (including phenoxy) is 2. The number of amides is 1. The molecule has 0 aromatic rings. The summed E-state index contributed by atoms with van der Waals surface area (Å²) in [5.41, 5.74) is 5.07. The average Bonchev–Trinajstić information content (AvgIpc) is 3.13. The van der Waals surface area contributed by atoms with E-state index in [1.807, 2.05) is 0 Å². The van der Waals surface area contributed by atoms with Crippen LogP contribution in [-0.4, -0.2) is 43.9 Å². The van der Waals surface area contributed by atoms with Gasteiger partial charge in [-0.2, -0.15) is 0 Å². The molecule has 0 aliphatic heterocycles. The highest BCUT2D eigenvalue weighted by Gasteiger charge is 2.44. The maximum atomic E-state index is 11.8. The Hall–Kier alpha value is -0.650. The number of primary amides is 1. The predicted octanol–water partition coefficient (Wildman–Crippen LogP) is 0.568. The molecule has 2 atom stereocenters. The van der Waals surface area contributed by atoms with Gasteiger partial charge in [-0.1, -0.05) is 0 Å². The van der Waals surface area contributed by atoms with Crippen molar-refractivity contribution in [2.75, 3.05) is 20.3 Å². The summed E-state index contributed by atoms with van der Waals surface area (Å²) in [6.45, 7) is 1.18. The Kier molecular flexibility index (Phi) is 4.59. The normalized spacial score (nSPS) is 32.4. The van der Waals surface area contributed by atoms with Crippen LogP contribution in [-0.2, 0) is 14.3 Å². The second-order valence-electron chi connectivity index (χ2n) is 5.45. The Labute approximate surface area is 108 Å². The Morgan fingerprint density at radius 2 is 2.17 bits per heavy atom. The first-order valence-corrected chi connectivity index (χ1v) is 6.84. The number of hydrogen-bond acceptors (Lipinski definition) is 4. The summed E-state index contributed by atoms with van der Waals surface area (Å²) >= 11 is 0. The zero-order valence-corrected chi connectivity index (χ0v) is 11.1. The maximum Gasteiger partial charge on any atom is 0.237 e. The molecule has 2 aliphatic carbocycles. The molecule has 2 saturated carbocycles. The molecule has 18 heavy (non-hydrogen) atoms. The Morgan fingerprint density at radius 1 is 1.39 bits per heavy atom. The molecule has 5 heteroatoms. The molecule has 0 spiro atoms. The molecule has 3 N–H and O–H groups in total. The van der Waals surface area contributed by atoms with E-state index in [0.717, 1.165) is 32.1 Å². The fraction of sp³-hybridized carbons (Fsp3) is 0.923. The quantitative estimate of drug-likeness (QED) is 0.653. The van der Waals surface area contributed by atoms with Gasteiger partial charge in [-0.05, 0) is 32.1 Å². The first-order valence-electron chi connectivity index (χ1n) is 6.84. The highest BCUT2D eigenvalue weighted by Crippen LogP contribution is 2.33. The third-order valence-corrected chi connectivity index (χ3v) is 3.88. The predicted molar refractivity (Wildman–Crippen MR) is 68.2 cm³/mol. The summed E-state index contributed by atoms with van der Waals surface area (Å²) < 4.78 is 10.7. The monoisotopic (exact) mass is 256 g/mol. The number of rotatable bonds is 7. The first-order chi connectivity index (χ1) is 8.66. The summed E-state index contributed by atoms with van der Waals surface area (Å²) in [5, 5.41) is 3.44. The third kappa shape index (κ3) is 3.43. The minimum absolute atomic E-state index is 0.118. The van der Waals surface area contributed by atoms with Crippen LogP contribution in [0.2, 0.25) is 0 Å². The molecule has 0 bridgehead atoms. The lowest BCUT2D eigenvalue weighted by atomic mass is 9.79. The van der Waals surface area contributed by atoms with Crippen molar-refractivity contribution in [1.82, 2.24) is 5.32 Å². The van der Waals surface area contributed by atoms with Crippen molar-refractivity contribution in [3.63, 3.8) is 0 Å². The summed E-state index contributed by atoms with van der Waals surface area (Å²) in [6, 6.07) is 0.482. The van der Waals surface area contributed by atoms with Gasteiger partial charge in [0.25, 0.3) is 0 Å². The topological polar surface area (TPSA) is 73.6 Å². The molecular formula is C13H24N2O3. The lowest BCUT2D eigenvalue weighted by Gasteiger charge is -2.39. The molecular weight excluding hydrogens is 232 g/mol. The summed E-state index contributed by atoms with van der Waals surface area (Å²) in [7, 11) is 1.66. The van der Waals surface area contributed by atoms with Gasteiger partial charge in [-0.25, -0.2) is 0 Å². The molecule has 0 heterocycles. The Morgan fingerprint density at radius 3 is 2.78 bits per heavy atom. The summed E-state index contributed by atoms with van der Waals surface area (Å²) in [6.07, 6.45) is 5.96. The fourth-order valence-electron chi connectivity index (χ4n) is 2.71. The van der Waals surface area contributed by atoms with Gasteiger partial charge in [-0.3, -0.25) is 4.79 Å². The molecule has 0 radical (unpaired) electrons. The van der Waals surface area contributed by atoms with Crippen molar-refractivity contribution in [2.24, 2.45) is 5.73 Å². The second-order valence-corrected chi connectivity index (χ2v) is 5.45. The zero-order valence-electron chi connectivity index (χ0n) is 11.1.